The molecule has 3 aliphatic heterocycles. The van der Waals surface area contributed by atoms with Gasteiger partial charge in [0.25, 0.3) is 0 Å². The summed E-state index contributed by atoms with van der Waals surface area (Å²) in [5.41, 5.74) is 1.05. The van der Waals surface area contributed by atoms with Crippen molar-refractivity contribution in [1.82, 2.24) is 14.8 Å². The van der Waals surface area contributed by atoms with E-state index in [0.717, 1.165) is 49.3 Å². The predicted molar refractivity (Wildman–Crippen MR) is 89.3 cm³/mol. The molecule has 1 aromatic rings. The third-order valence-corrected chi connectivity index (χ3v) is 6.38. The summed E-state index contributed by atoms with van der Waals surface area (Å²) in [5, 5.41) is 3.17. The second-order valence-electron chi connectivity index (χ2n) is 7.06. The van der Waals surface area contributed by atoms with Gasteiger partial charge in [-0.25, -0.2) is 4.98 Å². The Labute approximate surface area is 141 Å². The number of ether oxygens (including phenoxy) is 1. The summed E-state index contributed by atoms with van der Waals surface area (Å²) in [6, 6.07) is 0.814. The van der Waals surface area contributed by atoms with E-state index in [2.05, 4.69) is 20.2 Å². The second kappa shape index (κ2) is 6.49. The normalized spacial score (nSPS) is 29.4. The first-order valence-corrected chi connectivity index (χ1v) is 9.61. The van der Waals surface area contributed by atoms with Crippen LogP contribution in [-0.2, 0) is 16.1 Å². The van der Waals surface area contributed by atoms with Crippen LogP contribution in [-0.4, -0.2) is 59.1 Å². The van der Waals surface area contributed by atoms with Gasteiger partial charge in [-0.3, -0.25) is 9.69 Å². The predicted octanol–water partition coefficient (Wildman–Crippen LogP) is 2.05. The fourth-order valence-electron chi connectivity index (χ4n) is 4.36. The van der Waals surface area contributed by atoms with Crippen molar-refractivity contribution in [2.45, 2.75) is 51.2 Å². The monoisotopic (exact) mass is 335 g/mol. The molecule has 1 amide bonds. The lowest BCUT2D eigenvalue weighted by Crippen LogP contribution is -2.39. The zero-order chi connectivity index (χ0) is 15.8. The SMILES string of the molecule is Cc1nc(CN2C(=O)C[C@@H]3[C@@H]2CCN3CC2CCOCC2)cs1. The molecule has 0 bridgehead atoms. The molecule has 23 heavy (non-hydrogen) atoms. The van der Waals surface area contributed by atoms with Gasteiger partial charge in [-0.1, -0.05) is 0 Å². The van der Waals surface area contributed by atoms with Crippen LogP contribution in [0, 0.1) is 12.8 Å². The van der Waals surface area contributed by atoms with E-state index in [-0.39, 0.29) is 0 Å². The number of hydrogen-bond acceptors (Lipinski definition) is 5. The third-order valence-electron chi connectivity index (χ3n) is 5.56. The van der Waals surface area contributed by atoms with Crippen molar-refractivity contribution >= 4 is 17.2 Å². The molecule has 0 aromatic carbocycles. The molecule has 3 aliphatic rings. The molecule has 0 spiro atoms. The van der Waals surface area contributed by atoms with E-state index in [9.17, 15) is 4.79 Å². The zero-order valence-corrected chi connectivity index (χ0v) is 14.6. The molecule has 3 fully saturated rings. The maximum absolute atomic E-state index is 12.5. The minimum absolute atomic E-state index is 0.308. The van der Waals surface area contributed by atoms with Crippen LogP contribution in [0.4, 0.5) is 0 Å². The molecular formula is C17H25N3O2S. The van der Waals surface area contributed by atoms with Crippen molar-refractivity contribution in [2.24, 2.45) is 5.92 Å². The summed E-state index contributed by atoms with van der Waals surface area (Å²) in [7, 11) is 0. The lowest BCUT2D eigenvalue weighted by molar-refractivity contribution is -0.129. The number of thiazole rings is 1. The molecule has 0 aliphatic carbocycles. The molecule has 2 atom stereocenters. The van der Waals surface area contributed by atoms with Crippen molar-refractivity contribution in [1.29, 1.82) is 0 Å². The van der Waals surface area contributed by atoms with E-state index < -0.39 is 0 Å². The topological polar surface area (TPSA) is 45.7 Å². The summed E-state index contributed by atoms with van der Waals surface area (Å²) in [4.78, 5) is 21.7. The van der Waals surface area contributed by atoms with Gasteiger partial charge in [0.05, 0.1) is 17.2 Å². The van der Waals surface area contributed by atoms with E-state index in [1.54, 1.807) is 11.3 Å². The number of carbonyl (C=O) groups excluding carboxylic acids is 1. The van der Waals surface area contributed by atoms with Crippen molar-refractivity contribution in [2.75, 3.05) is 26.3 Å². The molecule has 1 aromatic heterocycles. The Bertz CT molecular complexity index is 570. The summed E-state index contributed by atoms with van der Waals surface area (Å²) in [6.45, 7) is 6.79. The Morgan fingerprint density at radius 2 is 2.13 bits per heavy atom. The quantitative estimate of drug-likeness (QED) is 0.845. The van der Waals surface area contributed by atoms with Gasteiger partial charge < -0.3 is 9.64 Å². The molecule has 5 nitrogen and oxygen atoms in total. The van der Waals surface area contributed by atoms with Crippen molar-refractivity contribution in [3.05, 3.63) is 16.1 Å². The molecule has 3 saturated heterocycles. The number of nitrogens with zero attached hydrogens (tertiary/aromatic N) is 3. The maximum atomic E-state index is 12.5. The van der Waals surface area contributed by atoms with Crippen LogP contribution in [0.15, 0.2) is 5.38 Å². The summed E-state index contributed by atoms with van der Waals surface area (Å²) in [6.07, 6.45) is 4.15. The average molecular weight is 335 g/mol. The average Bonchev–Trinajstić information content (AvgIpc) is 3.21. The maximum Gasteiger partial charge on any atom is 0.224 e. The Hall–Kier alpha value is -0.980. The van der Waals surface area contributed by atoms with Crippen molar-refractivity contribution in [3.8, 4) is 0 Å². The number of carbonyl (C=O) groups is 1. The van der Waals surface area contributed by atoms with Crippen LogP contribution in [0.25, 0.3) is 0 Å². The lowest BCUT2D eigenvalue weighted by Gasteiger charge is -2.30. The van der Waals surface area contributed by atoms with E-state index in [1.165, 1.54) is 12.8 Å². The van der Waals surface area contributed by atoms with Gasteiger partial charge in [0.1, 0.15) is 0 Å². The van der Waals surface area contributed by atoms with Gasteiger partial charge in [-0.15, -0.1) is 11.3 Å². The van der Waals surface area contributed by atoms with E-state index in [0.29, 0.717) is 31.0 Å². The second-order valence-corrected chi connectivity index (χ2v) is 8.12. The number of likely N-dealkylation sites (tertiary alicyclic amines) is 2. The first kappa shape index (κ1) is 15.5. The number of aryl methyl sites for hydroxylation is 1. The van der Waals surface area contributed by atoms with Gasteiger partial charge in [0.2, 0.25) is 5.91 Å². The van der Waals surface area contributed by atoms with Crippen LogP contribution in [0.5, 0.6) is 0 Å². The third kappa shape index (κ3) is 3.16. The molecule has 0 unspecified atom stereocenters. The summed E-state index contributed by atoms with van der Waals surface area (Å²) in [5.74, 6) is 1.05. The van der Waals surface area contributed by atoms with Gasteiger partial charge in [-0.05, 0) is 32.1 Å². The number of hydrogen-bond donors (Lipinski definition) is 0. The summed E-state index contributed by atoms with van der Waals surface area (Å²) >= 11 is 1.67. The van der Waals surface area contributed by atoms with Crippen molar-refractivity contribution in [3.63, 3.8) is 0 Å². The Balaban J connectivity index is 1.40. The Morgan fingerprint density at radius 3 is 2.87 bits per heavy atom. The van der Waals surface area contributed by atoms with Crippen LogP contribution < -0.4 is 0 Å². The van der Waals surface area contributed by atoms with Gasteiger partial charge >= 0.3 is 0 Å². The lowest BCUT2D eigenvalue weighted by atomic mass is 9.99. The summed E-state index contributed by atoms with van der Waals surface area (Å²) < 4.78 is 5.47. The first-order valence-electron chi connectivity index (χ1n) is 8.73. The van der Waals surface area contributed by atoms with E-state index in [4.69, 9.17) is 4.74 Å². The van der Waals surface area contributed by atoms with E-state index in [1.807, 2.05) is 6.92 Å². The highest BCUT2D eigenvalue weighted by Crippen LogP contribution is 2.34. The number of fused-ring (bicyclic) bond motifs is 1. The minimum Gasteiger partial charge on any atom is -0.381 e. The minimum atomic E-state index is 0.308. The van der Waals surface area contributed by atoms with Crippen LogP contribution >= 0.6 is 11.3 Å². The Morgan fingerprint density at radius 1 is 1.30 bits per heavy atom. The fraction of sp³-hybridized carbons (Fsp3) is 0.765. The largest absolute Gasteiger partial charge is 0.381 e. The van der Waals surface area contributed by atoms with Crippen molar-refractivity contribution < 1.29 is 9.53 Å². The number of rotatable bonds is 4. The van der Waals surface area contributed by atoms with Crippen LogP contribution in [0.2, 0.25) is 0 Å². The molecule has 4 heterocycles. The van der Waals surface area contributed by atoms with E-state index >= 15 is 0 Å². The number of aromatic nitrogens is 1. The first-order chi connectivity index (χ1) is 11.2. The molecule has 0 saturated carbocycles. The van der Waals surface area contributed by atoms with Crippen LogP contribution in [0.1, 0.15) is 36.4 Å². The van der Waals surface area contributed by atoms with Crippen LogP contribution in [0.3, 0.4) is 0 Å². The van der Waals surface area contributed by atoms with Gasteiger partial charge in [-0.2, -0.15) is 0 Å². The van der Waals surface area contributed by atoms with Gasteiger partial charge in [0.15, 0.2) is 0 Å². The molecule has 4 rings (SSSR count). The highest BCUT2D eigenvalue weighted by atomic mass is 32.1. The van der Waals surface area contributed by atoms with Gasteiger partial charge in [0, 0.05) is 50.2 Å². The highest BCUT2D eigenvalue weighted by molar-refractivity contribution is 7.09. The molecule has 6 heteroatoms. The molecule has 126 valence electrons. The fourth-order valence-corrected chi connectivity index (χ4v) is 4.96. The molecule has 0 N–H and O–H groups in total. The molecular weight excluding hydrogens is 310 g/mol. The number of amides is 1. The smallest absolute Gasteiger partial charge is 0.224 e. The zero-order valence-electron chi connectivity index (χ0n) is 13.7. The standard InChI is InChI=1S/C17H25N3O2S/c1-12-18-14(11-23-12)10-20-15-2-5-19(16(15)8-17(20)21)9-13-3-6-22-7-4-13/h11,13,15-16H,2-10H2,1H3/t15-,16+/m0/s1. The molecule has 0 radical (unpaired) electrons. The highest BCUT2D eigenvalue weighted by Gasteiger charge is 2.46. The Kier molecular flexibility index (Phi) is 4.39.